The van der Waals surface area contributed by atoms with Gasteiger partial charge in [-0.2, -0.15) is 0 Å². The zero-order valence-corrected chi connectivity index (χ0v) is 28.0. The van der Waals surface area contributed by atoms with E-state index in [4.69, 9.17) is 0 Å². The number of fused-ring (bicyclic) bond motifs is 5. The highest BCUT2D eigenvalue weighted by atomic mass is 32.1. The number of rotatable bonds is 1. The zero-order valence-electron chi connectivity index (χ0n) is 27.1. The molecule has 258 valence electrons. The monoisotopic (exact) mass is 688 g/mol. The SMILES string of the molecule is C[C@@H]1CC2C3C[C@H](F)C4=CC(=O)C=C[C@]4(C)[C@@]3(F)[C@@H](O)C[C@]2(C)[C@@]1(O)C(=O)S.c1c[nH+]c[nH]1.c1c[nH+]c[nH]1.c1c[nH+]c[nH]1.c1c[nH+]c[nH]1. The van der Waals surface area contributed by atoms with E-state index in [2.05, 4.69) is 52.5 Å². The summed E-state index contributed by atoms with van der Waals surface area (Å²) in [6.07, 6.45) is 22.3. The van der Waals surface area contributed by atoms with Gasteiger partial charge in [0.15, 0.2) is 11.5 Å². The summed E-state index contributed by atoms with van der Waals surface area (Å²) in [5, 5.41) is 21.6. The van der Waals surface area contributed by atoms with Crippen molar-refractivity contribution in [3.8, 4) is 0 Å². The van der Waals surface area contributed by atoms with E-state index < -0.39 is 63.0 Å². The van der Waals surface area contributed by atoms with Crippen LogP contribution in [0.3, 0.4) is 0 Å². The van der Waals surface area contributed by atoms with E-state index in [1.54, 1.807) is 39.2 Å². The molecular weight excluding hydrogens is 642 g/mol. The molecule has 12 nitrogen and oxygen atoms in total. The fourth-order valence-electron chi connectivity index (χ4n) is 7.96. The van der Waals surface area contributed by atoms with Gasteiger partial charge in [-0.05, 0) is 55.7 Å². The molecule has 3 saturated carbocycles. The number of aliphatic hydroxyl groups is 2. The Morgan fingerprint density at radius 3 is 1.75 bits per heavy atom. The van der Waals surface area contributed by atoms with Crippen LogP contribution >= 0.6 is 12.6 Å². The van der Waals surface area contributed by atoms with Crippen LogP contribution in [0.2, 0.25) is 0 Å². The van der Waals surface area contributed by atoms with Crippen molar-refractivity contribution in [2.45, 2.75) is 63.6 Å². The maximum Gasteiger partial charge on any atom is 0.239 e. The standard InChI is InChI=1S/C21H26F2O4S.4C3H4N2/c1-10-6-12-13-8-15(22)14-7-11(24)4-5-18(14,2)20(13,23)16(25)9-19(12,3)21(10,27)17(26)28;4*1-2-5-3-4-1/h4-5,7,10,12-13,15-16,25,27H,6,8-9H2,1-3H3,(H,26,28);4*1-3H,(H,4,5)/p+4/t10-,12?,13?,15+,16+,18+,19+,20+,21+;;;;/m1..../s1. The molecule has 0 radical (unpaired) electrons. The molecule has 4 aliphatic rings. The molecule has 4 aromatic rings. The molecule has 4 heterocycles. The fourth-order valence-corrected chi connectivity index (χ4v) is 8.43. The number of nitrogens with one attached hydrogen (secondary N) is 8. The van der Waals surface area contributed by atoms with Gasteiger partial charge in [-0.3, -0.25) is 49.5 Å². The molecule has 0 spiro atoms. The van der Waals surface area contributed by atoms with Crippen LogP contribution < -0.4 is 19.9 Å². The van der Waals surface area contributed by atoms with Crippen molar-refractivity contribution in [2.24, 2.45) is 28.6 Å². The Morgan fingerprint density at radius 1 is 0.896 bits per heavy atom. The first-order valence-electron chi connectivity index (χ1n) is 15.7. The highest BCUT2D eigenvalue weighted by molar-refractivity contribution is 7.96. The molecule has 9 atom stereocenters. The van der Waals surface area contributed by atoms with Crippen LogP contribution in [0.1, 0.15) is 40.0 Å². The third-order valence-corrected chi connectivity index (χ3v) is 10.6. The molecule has 2 unspecified atom stereocenters. The average Bonchev–Trinajstić information content (AvgIpc) is 3.91. The lowest BCUT2D eigenvalue weighted by molar-refractivity contribution is -0.376. The maximum atomic E-state index is 16.8. The summed E-state index contributed by atoms with van der Waals surface area (Å²) in [5.74, 6) is -2.29. The molecule has 10 N–H and O–H groups in total. The summed E-state index contributed by atoms with van der Waals surface area (Å²) in [6, 6.07) is 0. The maximum absolute atomic E-state index is 16.8. The molecule has 15 heteroatoms. The van der Waals surface area contributed by atoms with Gasteiger partial charge in [0.05, 0.1) is 6.10 Å². The Bertz CT molecular complexity index is 1430. The van der Waals surface area contributed by atoms with Gasteiger partial charge in [-0.25, -0.2) is 8.78 Å². The number of ketones is 1. The Kier molecular flexibility index (Phi) is 11.7. The van der Waals surface area contributed by atoms with Gasteiger partial charge in [0.1, 0.15) is 61.3 Å². The molecule has 8 rings (SSSR count). The molecule has 0 bridgehead atoms. The van der Waals surface area contributed by atoms with Gasteiger partial charge in [0, 0.05) is 16.7 Å². The first-order valence-corrected chi connectivity index (χ1v) is 16.2. The zero-order chi connectivity index (χ0) is 35.0. The Morgan fingerprint density at radius 2 is 1.38 bits per heavy atom. The second-order valence-corrected chi connectivity index (χ2v) is 13.2. The minimum absolute atomic E-state index is 0.0629. The highest BCUT2D eigenvalue weighted by Gasteiger charge is 2.76. The Labute approximate surface area is 282 Å². The minimum Gasteiger partial charge on any atom is -0.390 e. The number of allylic oxidation sites excluding steroid dienone is 4. The molecule has 0 amide bonds. The van der Waals surface area contributed by atoms with Crippen molar-refractivity contribution in [3.63, 3.8) is 0 Å². The number of aliphatic hydroxyl groups excluding tert-OH is 1. The number of carbonyl (C=O) groups is 2. The smallest absolute Gasteiger partial charge is 0.239 e. The number of halogens is 2. The van der Waals surface area contributed by atoms with E-state index in [0.29, 0.717) is 6.42 Å². The lowest BCUT2D eigenvalue weighted by Gasteiger charge is -2.62. The van der Waals surface area contributed by atoms with Crippen molar-refractivity contribution in [1.82, 2.24) is 19.9 Å². The number of aromatic nitrogens is 8. The first-order chi connectivity index (χ1) is 22.8. The van der Waals surface area contributed by atoms with Crippen LogP contribution in [0.4, 0.5) is 8.78 Å². The summed E-state index contributed by atoms with van der Waals surface area (Å²) in [7, 11) is 0. The van der Waals surface area contributed by atoms with E-state index >= 15 is 8.78 Å². The van der Waals surface area contributed by atoms with Gasteiger partial charge < -0.3 is 10.2 Å². The lowest BCUT2D eigenvalue weighted by Crippen LogP contribution is -2.70. The van der Waals surface area contributed by atoms with E-state index in [1.165, 1.54) is 19.1 Å². The number of imidazole rings is 4. The van der Waals surface area contributed by atoms with Gasteiger partial charge >= 0.3 is 0 Å². The van der Waals surface area contributed by atoms with Crippen LogP contribution in [-0.4, -0.2) is 64.6 Å². The molecule has 0 aromatic carbocycles. The average molecular weight is 689 g/mol. The normalized spacial score (nSPS) is 35.5. The van der Waals surface area contributed by atoms with Crippen LogP contribution in [0, 0.1) is 28.6 Å². The third-order valence-electron chi connectivity index (χ3n) is 10.3. The van der Waals surface area contributed by atoms with Crippen molar-refractivity contribution in [3.05, 3.63) is 98.7 Å². The highest BCUT2D eigenvalue weighted by Crippen LogP contribution is 2.71. The lowest BCUT2D eigenvalue weighted by atomic mass is 9.44. The number of alkyl halides is 2. The van der Waals surface area contributed by atoms with Crippen LogP contribution in [0.25, 0.3) is 0 Å². The number of H-pyrrole nitrogens is 8. The minimum atomic E-state index is -2.20. The molecular formula is C33H46F2N8O4S+4. The summed E-state index contributed by atoms with van der Waals surface area (Å²) in [6.45, 7) is 4.92. The Hall–Kier alpha value is -4.21. The van der Waals surface area contributed by atoms with E-state index in [1.807, 2.05) is 49.6 Å². The van der Waals surface area contributed by atoms with Gasteiger partial charge in [0.2, 0.25) is 30.4 Å². The summed E-state index contributed by atoms with van der Waals surface area (Å²) >= 11 is 3.90. The number of hydrogen-bond donors (Lipinski definition) is 7. The van der Waals surface area contributed by atoms with E-state index in [0.717, 1.165) is 6.08 Å². The predicted molar refractivity (Wildman–Crippen MR) is 172 cm³/mol. The number of thiol groups is 1. The van der Waals surface area contributed by atoms with Gasteiger partial charge in [-0.15, -0.1) is 12.6 Å². The van der Waals surface area contributed by atoms with E-state index in [-0.39, 0.29) is 18.4 Å². The largest absolute Gasteiger partial charge is 0.390 e. The first kappa shape index (κ1) is 36.6. The van der Waals surface area contributed by atoms with Crippen LogP contribution in [0.15, 0.2) is 98.7 Å². The molecule has 3 fully saturated rings. The Balaban J connectivity index is 0.000000206. The number of aromatic amines is 8. The van der Waals surface area contributed by atoms with Crippen molar-refractivity contribution in [1.29, 1.82) is 0 Å². The quantitative estimate of drug-likeness (QED) is 0.151. The van der Waals surface area contributed by atoms with Crippen molar-refractivity contribution < 1.29 is 48.5 Å². The fraction of sp³-hybridized carbons (Fsp3) is 0.455. The number of carbonyl (C=O) groups excluding carboxylic acids is 2. The predicted octanol–water partition coefficient (Wildman–Crippen LogP) is 2.05. The van der Waals surface area contributed by atoms with E-state index in [9.17, 15) is 19.8 Å². The second kappa shape index (κ2) is 15.3. The third kappa shape index (κ3) is 6.84. The molecule has 48 heavy (non-hydrogen) atoms. The van der Waals surface area contributed by atoms with Crippen LogP contribution in [-0.2, 0) is 9.59 Å². The van der Waals surface area contributed by atoms with Crippen LogP contribution in [0.5, 0.6) is 0 Å². The summed E-state index contributed by atoms with van der Waals surface area (Å²) < 4.78 is 32.0. The summed E-state index contributed by atoms with van der Waals surface area (Å²) in [4.78, 5) is 46.5. The molecule has 0 saturated heterocycles. The number of hydrogen-bond acceptors (Lipinski definition) is 4. The summed E-state index contributed by atoms with van der Waals surface area (Å²) in [5.41, 5.74) is -6.53. The van der Waals surface area contributed by atoms with Crippen molar-refractivity contribution in [2.75, 3.05) is 0 Å². The van der Waals surface area contributed by atoms with Gasteiger partial charge in [-0.1, -0.05) is 19.9 Å². The molecule has 4 aliphatic carbocycles. The second-order valence-electron chi connectivity index (χ2n) is 12.8. The molecule has 0 aliphatic heterocycles. The van der Waals surface area contributed by atoms with Crippen molar-refractivity contribution >= 4 is 23.5 Å². The van der Waals surface area contributed by atoms with Gasteiger partial charge in [0.25, 0.3) is 0 Å². The molecule has 4 aromatic heterocycles. The topological polar surface area (TPSA) is 194 Å².